The van der Waals surface area contributed by atoms with Gasteiger partial charge in [-0.05, 0) is 47.9 Å². The number of aryl methyl sites for hydroxylation is 1. The summed E-state index contributed by atoms with van der Waals surface area (Å²) in [5.74, 6) is 0.587. The van der Waals surface area contributed by atoms with Gasteiger partial charge < -0.3 is 14.8 Å². The van der Waals surface area contributed by atoms with Crippen LogP contribution >= 0.6 is 15.9 Å². The Morgan fingerprint density at radius 3 is 2.35 bits per heavy atom. The maximum atomic E-state index is 12.4. The van der Waals surface area contributed by atoms with Crippen LogP contribution in [0.3, 0.4) is 0 Å². The summed E-state index contributed by atoms with van der Waals surface area (Å²) in [7, 11) is 3.06. The van der Waals surface area contributed by atoms with Crippen LogP contribution in [0.15, 0.2) is 46.4 Å². The molecule has 2 aromatic rings. The van der Waals surface area contributed by atoms with E-state index in [4.69, 9.17) is 9.47 Å². The predicted octanol–water partition coefficient (Wildman–Crippen LogP) is 4.57. The van der Waals surface area contributed by atoms with Crippen molar-refractivity contribution in [1.82, 2.24) is 0 Å². The Morgan fingerprint density at radius 2 is 1.81 bits per heavy atom. The Hall–Kier alpha value is -2.78. The summed E-state index contributed by atoms with van der Waals surface area (Å²) in [6.07, 6.45) is 2.42. The summed E-state index contributed by atoms with van der Waals surface area (Å²) in [5.41, 5.74) is 2.43. The first kappa shape index (κ1) is 19.5. The van der Waals surface area contributed by atoms with Gasteiger partial charge in [0.1, 0.15) is 11.6 Å². The fourth-order valence-corrected chi connectivity index (χ4v) is 2.74. The van der Waals surface area contributed by atoms with E-state index in [-0.39, 0.29) is 5.57 Å². The Morgan fingerprint density at radius 1 is 1.19 bits per heavy atom. The molecule has 134 valence electrons. The van der Waals surface area contributed by atoms with Crippen molar-refractivity contribution in [3.8, 4) is 17.6 Å². The zero-order valence-corrected chi connectivity index (χ0v) is 16.4. The van der Waals surface area contributed by atoms with E-state index in [0.29, 0.717) is 27.2 Å². The minimum Gasteiger partial charge on any atom is -0.493 e. The first-order valence-electron chi connectivity index (χ1n) is 7.96. The maximum Gasteiger partial charge on any atom is 0.266 e. The van der Waals surface area contributed by atoms with Crippen LogP contribution in [0.25, 0.3) is 6.08 Å². The molecule has 0 aliphatic carbocycles. The Bertz CT molecular complexity index is 868. The number of hydrogen-bond donors (Lipinski definition) is 1. The molecule has 0 aliphatic heterocycles. The number of hydrogen-bond acceptors (Lipinski definition) is 4. The van der Waals surface area contributed by atoms with E-state index in [1.807, 2.05) is 30.3 Å². The largest absolute Gasteiger partial charge is 0.493 e. The summed E-state index contributed by atoms with van der Waals surface area (Å²) in [6.45, 7) is 2.06. The number of rotatable bonds is 6. The van der Waals surface area contributed by atoms with E-state index in [9.17, 15) is 10.1 Å². The first-order chi connectivity index (χ1) is 12.5. The molecule has 0 radical (unpaired) electrons. The van der Waals surface area contributed by atoms with Crippen molar-refractivity contribution in [3.63, 3.8) is 0 Å². The fraction of sp³-hybridized carbons (Fsp3) is 0.200. The van der Waals surface area contributed by atoms with Gasteiger partial charge >= 0.3 is 0 Å². The van der Waals surface area contributed by atoms with Crippen LogP contribution in [0, 0.1) is 11.3 Å². The summed E-state index contributed by atoms with van der Waals surface area (Å²) in [5, 5.41) is 12.1. The molecule has 0 heterocycles. The number of ether oxygens (including phenoxy) is 2. The van der Waals surface area contributed by atoms with E-state index in [2.05, 4.69) is 28.2 Å². The van der Waals surface area contributed by atoms with Crippen molar-refractivity contribution < 1.29 is 14.3 Å². The second-order valence-electron chi connectivity index (χ2n) is 5.40. The predicted molar refractivity (Wildman–Crippen MR) is 105 cm³/mol. The molecule has 26 heavy (non-hydrogen) atoms. The highest BCUT2D eigenvalue weighted by Gasteiger charge is 2.13. The van der Waals surface area contributed by atoms with E-state index in [0.717, 1.165) is 6.42 Å². The lowest BCUT2D eigenvalue weighted by Gasteiger charge is -2.10. The number of carbonyl (C=O) groups excluding carboxylic acids is 1. The number of carbonyl (C=O) groups is 1. The quantitative estimate of drug-likeness (QED) is 0.554. The van der Waals surface area contributed by atoms with Crippen LogP contribution in [-0.2, 0) is 11.2 Å². The molecule has 1 amide bonds. The maximum absolute atomic E-state index is 12.4. The van der Waals surface area contributed by atoms with Gasteiger partial charge in [0.15, 0.2) is 11.5 Å². The molecule has 6 heteroatoms. The molecular formula is C20H19BrN2O3. The number of anilines is 1. The number of amides is 1. The van der Waals surface area contributed by atoms with Crippen LogP contribution in [0.5, 0.6) is 11.5 Å². The van der Waals surface area contributed by atoms with Gasteiger partial charge in [-0.1, -0.05) is 35.0 Å². The topological polar surface area (TPSA) is 71.4 Å². The summed E-state index contributed by atoms with van der Waals surface area (Å²) in [4.78, 5) is 12.4. The fourth-order valence-electron chi connectivity index (χ4n) is 2.31. The first-order valence-corrected chi connectivity index (χ1v) is 8.75. The Kier molecular flexibility index (Phi) is 6.81. The monoisotopic (exact) mass is 414 g/mol. The lowest BCUT2D eigenvalue weighted by atomic mass is 10.1. The number of methoxy groups -OCH3 is 2. The van der Waals surface area contributed by atoms with Crippen molar-refractivity contribution in [2.24, 2.45) is 0 Å². The molecule has 5 nitrogen and oxygen atoms in total. The minimum absolute atomic E-state index is 0.0162. The van der Waals surface area contributed by atoms with Crippen molar-refractivity contribution in [1.29, 1.82) is 5.26 Å². The summed E-state index contributed by atoms with van der Waals surface area (Å²) >= 11 is 3.42. The molecular weight excluding hydrogens is 396 g/mol. The SMILES string of the molecule is CCc1ccc(NC(=O)/C(C#N)=C\c2cc(OC)c(OC)cc2Br)cc1. The van der Waals surface area contributed by atoms with E-state index in [1.165, 1.54) is 25.9 Å². The zero-order valence-electron chi connectivity index (χ0n) is 14.8. The molecule has 0 unspecified atom stereocenters. The van der Waals surface area contributed by atoms with Crippen molar-refractivity contribution >= 4 is 33.6 Å². The van der Waals surface area contributed by atoms with E-state index in [1.54, 1.807) is 12.1 Å². The van der Waals surface area contributed by atoms with Gasteiger partial charge in [-0.2, -0.15) is 5.26 Å². The highest BCUT2D eigenvalue weighted by molar-refractivity contribution is 9.10. The second kappa shape index (κ2) is 9.07. The average Bonchev–Trinajstić information content (AvgIpc) is 2.67. The van der Waals surface area contributed by atoms with Crippen LogP contribution < -0.4 is 14.8 Å². The van der Waals surface area contributed by atoms with E-state index >= 15 is 0 Å². The Labute approximate surface area is 161 Å². The van der Waals surface area contributed by atoms with Gasteiger partial charge in [0, 0.05) is 10.2 Å². The normalized spacial score (nSPS) is 10.8. The molecule has 2 aromatic carbocycles. The zero-order chi connectivity index (χ0) is 19.1. The van der Waals surface area contributed by atoms with Crippen LogP contribution in [0.1, 0.15) is 18.1 Å². The highest BCUT2D eigenvalue weighted by Crippen LogP contribution is 2.34. The second-order valence-corrected chi connectivity index (χ2v) is 6.26. The van der Waals surface area contributed by atoms with E-state index < -0.39 is 5.91 Å². The van der Waals surface area contributed by atoms with Crippen LogP contribution in [0.2, 0.25) is 0 Å². The van der Waals surface area contributed by atoms with Crippen molar-refractivity contribution in [2.75, 3.05) is 19.5 Å². The molecule has 0 saturated carbocycles. The van der Waals surface area contributed by atoms with Gasteiger partial charge in [0.2, 0.25) is 0 Å². The summed E-state index contributed by atoms with van der Waals surface area (Å²) < 4.78 is 11.2. The van der Waals surface area contributed by atoms with Gasteiger partial charge in [0.25, 0.3) is 5.91 Å². The molecule has 0 bridgehead atoms. The molecule has 0 aromatic heterocycles. The third-order valence-electron chi connectivity index (χ3n) is 3.79. The smallest absolute Gasteiger partial charge is 0.266 e. The van der Waals surface area contributed by atoms with Gasteiger partial charge in [-0.25, -0.2) is 0 Å². The number of nitriles is 1. The third-order valence-corrected chi connectivity index (χ3v) is 4.47. The number of benzene rings is 2. The van der Waals surface area contributed by atoms with Crippen LogP contribution in [0.4, 0.5) is 5.69 Å². The molecule has 1 N–H and O–H groups in total. The molecule has 0 fully saturated rings. The van der Waals surface area contributed by atoms with Gasteiger partial charge in [-0.15, -0.1) is 0 Å². The molecule has 0 aliphatic rings. The lowest BCUT2D eigenvalue weighted by Crippen LogP contribution is -2.13. The Balaban J connectivity index is 2.29. The van der Waals surface area contributed by atoms with Crippen molar-refractivity contribution in [3.05, 3.63) is 57.6 Å². The number of nitrogens with one attached hydrogen (secondary N) is 1. The molecule has 0 spiro atoms. The van der Waals surface area contributed by atoms with Gasteiger partial charge in [0.05, 0.1) is 14.2 Å². The van der Waals surface area contributed by atoms with Gasteiger partial charge in [-0.3, -0.25) is 4.79 Å². The average molecular weight is 415 g/mol. The highest BCUT2D eigenvalue weighted by atomic mass is 79.9. The van der Waals surface area contributed by atoms with Crippen molar-refractivity contribution in [2.45, 2.75) is 13.3 Å². The molecule has 2 rings (SSSR count). The molecule has 0 atom stereocenters. The third kappa shape index (κ3) is 4.64. The lowest BCUT2D eigenvalue weighted by molar-refractivity contribution is -0.112. The molecule has 0 saturated heterocycles. The standard InChI is InChI=1S/C20H19BrN2O3/c1-4-13-5-7-16(8-6-13)23-20(24)15(12-22)9-14-10-18(25-2)19(26-3)11-17(14)21/h5-11H,4H2,1-3H3,(H,23,24)/b15-9-. The number of nitrogens with zero attached hydrogens (tertiary/aromatic N) is 1. The summed E-state index contributed by atoms with van der Waals surface area (Å²) in [6, 6.07) is 12.9. The number of halogens is 1. The van der Waals surface area contributed by atoms with Crippen LogP contribution in [-0.4, -0.2) is 20.1 Å². The minimum atomic E-state index is -0.474.